The highest BCUT2D eigenvalue weighted by atomic mass is 15.0. The first-order chi connectivity index (χ1) is 11.3. The van der Waals surface area contributed by atoms with Crippen LogP contribution in [-0.4, -0.2) is 0 Å². The third kappa shape index (κ3) is 3.10. The Labute approximate surface area is 138 Å². The fourth-order valence-electron chi connectivity index (χ4n) is 3.05. The van der Waals surface area contributed by atoms with Crippen LogP contribution in [0.4, 0.5) is 0 Å². The summed E-state index contributed by atoms with van der Waals surface area (Å²) in [6, 6.07) is 19.3. The number of benzene rings is 1. The highest BCUT2D eigenvalue weighted by Crippen LogP contribution is 2.17. The molecule has 0 saturated carbocycles. The molecule has 0 saturated heterocycles. The van der Waals surface area contributed by atoms with Crippen LogP contribution in [0.15, 0.2) is 60.8 Å². The van der Waals surface area contributed by atoms with E-state index in [1.807, 2.05) is 0 Å². The van der Waals surface area contributed by atoms with Gasteiger partial charge >= 0.3 is 0 Å². The second kappa shape index (κ2) is 7.07. The Balaban J connectivity index is 2.23. The van der Waals surface area contributed by atoms with Gasteiger partial charge in [-0.05, 0) is 18.2 Å². The molecule has 2 aromatic heterocycles. The van der Waals surface area contributed by atoms with Gasteiger partial charge in [-0.15, -0.1) is 12.3 Å². The molecule has 0 bridgehead atoms. The van der Waals surface area contributed by atoms with E-state index >= 15 is 0 Å². The van der Waals surface area contributed by atoms with Crippen molar-refractivity contribution in [2.24, 2.45) is 0 Å². The van der Waals surface area contributed by atoms with Crippen molar-refractivity contribution >= 4 is 10.9 Å². The zero-order valence-corrected chi connectivity index (χ0v) is 13.6. The highest BCUT2D eigenvalue weighted by molar-refractivity contribution is 5.76. The summed E-state index contributed by atoms with van der Waals surface area (Å²) in [5.74, 6) is 2.77. The summed E-state index contributed by atoms with van der Waals surface area (Å²) < 4.78 is 4.66. The van der Waals surface area contributed by atoms with Gasteiger partial charge in [0.2, 0.25) is 5.52 Å². The van der Waals surface area contributed by atoms with Crippen LogP contribution in [0, 0.1) is 12.3 Å². The Kier molecular flexibility index (Phi) is 4.68. The van der Waals surface area contributed by atoms with E-state index in [1.54, 1.807) is 0 Å². The molecule has 0 N–H and O–H groups in total. The number of aromatic nitrogens is 2. The molecule has 2 heterocycles. The number of nitrogens with zero attached hydrogens (tertiary/aromatic N) is 2. The van der Waals surface area contributed by atoms with E-state index in [-0.39, 0.29) is 0 Å². The van der Waals surface area contributed by atoms with E-state index in [1.165, 1.54) is 22.3 Å². The zero-order chi connectivity index (χ0) is 16.1. The van der Waals surface area contributed by atoms with Gasteiger partial charge in [-0.2, -0.15) is 9.13 Å². The van der Waals surface area contributed by atoms with E-state index in [9.17, 15) is 0 Å². The molecule has 1 aromatic carbocycles. The molecule has 0 aliphatic carbocycles. The summed E-state index contributed by atoms with van der Waals surface area (Å²) in [6.45, 7) is 4.04. The number of fused-ring (bicyclic) bond motifs is 1. The van der Waals surface area contributed by atoms with E-state index in [4.69, 9.17) is 6.42 Å². The highest BCUT2D eigenvalue weighted by Gasteiger charge is 2.24. The molecule has 2 heteroatoms. The summed E-state index contributed by atoms with van der Waals surface area (Å²) in [4.78, 5) is 0. The smallest absolute Gasteiger partial charge is 0.193 e. The van der Waals surface area contributed by atoms with Crippen molar-refractivity contribution in [3.05, 3.63) is 60.8 Å². The first-order valence-corrected chi connectivity index (χ1v) is 8.19. The van der Waals surface area contributed by atoms with Crippen molar-refractivity contribution in [3.63, 3.8) is 0 Å². The molecule has 3 rings (SSSR count). The number of hydrogen-bond acceptors (Lipinski definition) is 0. The van der Waals surface area contributed by atoms with Crippen LogP contribution in [0.3, 0.4) is 0 Å². The number of terminal acetylenes is 1. The third-order valence-electron chi connectivity index (χ3n) is 4.09. The van der Waals surface area contributed by atoms with Crippen LogP contribution in [0.25, 0.3) is 22.3 Å². The predicted octanol–water partition coefficient (Wildman–Crippen LogP) is 3.52. The normalized spacial score (nSPS) is 10.6. The molecule has 0 atom stereocenters. The molecular formula is C21H22N2+2. The van der Waals surface area contributed by atoms with Crippen LogP contribution < -0.4 is 9.13 Å². The van der Waals surface area contributed by atoms with Crippen LogP contribution in [-0.2, 0) is 13.1 Å². The largest absolute Gasteiger partial charge is 0.277 e. The quantitative estimate of drug-likeness (QED) is 0.503. The Hall–Kier alpha value is -2.66. The number of hydrogen-bond donors (Lipinski definition) is 0. The molecule has 0 aliphatic heterocycles. The lowest BCUT2D eigenvalue weighted by Crippen LogP contribution is -2.43. The Bertz CT molecular complexity index is 859. The van der Waals surface area contributed by atoms with Gasteiger partial charge in [-0.1, -0.05) is 19.1 Å². The molecule has 0 spiro atoms. The Morgan fingerprint density at radius 1 is 0.913 bits per heavy atom. The van der Waals surface area contributed by atoms with E-state index in [0.29, 0.717) is 0 Å². The topological polar surface area (TPSA) is 7.76 Å². The first kappa shape index (κ1) is 15.2. The summed E-state index contributed by atoms with van der Waals surface area (Å²) in [5, 5.41) is 1.24. The lowest BCUT2D eigenvalue weighted by atomic mass is 10.1. The standard InChI is InChI=1S/C21H22N2/c1-3-5-17-23-19-11-7-6-10-18(19)13-14-21(23)20-12-8-9-16-22(20)15-4-2/h1,6-14,16H,4-5,15,17H2,2H3/q+2. The van der Waals surface area contributed by atoms with Crippen molar-refractivity contribution < 1.29 is 9.13 Å². The maximum absolute atomic E-state index is 5.52. The Morgan fingerprint density at radius 2 is 1.74 bits per heavy atom. The average Bonchev–Trinajstić information content (AvgIpc) is 2.60. The summed E-state index contributed by atoms with van der Waals surface area (Å²) in [5.41, 5.74) is 3.68. The van der Waals surface area contributed by atoms with Gasteiger partial charge < -0.3 is 0 Å². The summed E-state index contributed by atoms with van der Waals surface area (Å²) in [6.07, 6.45) is 9.51. The molecule has 2 nitrogen and oxygen atoms in total. The minimum absolute atomic E-state index is 0.728. The molecule has 114 valence electrons. The fraction of sp³-hybridized carbons (Fsp3) is 0.238. The summed E-state index contributed by atoms with van der Waals surface area (Å²) in [7, 11) is 0. The SMILES string of the molecule is C#CCC[n+]1c(-c2cccc[n+]2CCC)ccc2ccccc21. The fourth-order valence-corrected chi connectivity index (χ4v) is 3.05. The average molecular weight is 302 g/mol. The van der Waals surface area contributed by atoms with E-state index in [0.717, 1.165) is 25.9 Å². The van der Waals surface area contributed by atoms with Crippen LogP contribution in [0.1, 0.15) is 19.8 Å². The van der Waals surface area contributed by atoms with Gasteiger partial charge in [-0.25, -0.2) is 0 Å². The van der Waals surface area contributed by atoms with E-state index in [2.05, 4.69) is 82.8 Å². The molecule has 3 aromatic rings. The van der Waals surface area contributed by atoms with Gasteiger partial charge in [0.05, 0.1) is 6.42 Å². The molecule has 0 aliphatic rings. The molecule has 0 amide bonds. The second-order valence-electron chi connectivity index (χ2n) is 5.66. The molecule has 0 unspecified atom stereocenters. The minimum Gasteiger partial charge on any atom is -0.193 e. The molecule has 0 radical (unpaired) electrons. The van der Waals surface area contributed by atoms with Gasteiger partial charge in [0, 0.05) is 36.1 Å². The van der Waals surface area contributed by atoms with Crippen LogP contribution in [0.5, 0.6) is 0 Å². The summed E-state index contributed by atoms with van der Waals surface area (Å²) >= 11 is 0. The van der Waals surface area contributed by atoms with Gasteiger partial charge in [0.1, 0.15) is 6.54 Å². The lowest BCUT2D eigenvalue weighted by Gasteiger charge is -2.06. The van der Waals surface area contributed by atoms with Crippen molar-refractivity contribution in [2.45, 2.75) is 32.9 Å². The molecular weight excluding hydrogens is 280 g/mol. The number of para-hydroxylation sites is 1. The van der Waals surface area contributed by atoms with Crippen molar-refractivity contribution in [1.29, 1.82) is 0 Å². The van der Waals surface area contributed by atoms with Crippen molar-refractivity contribution in [2.75, 3.05) is 0 Å². The van der Waals surface area contributed by atoms with Gasteiger partial charge in [0.15, 0.2) is 12.7 Å². The maximum Gasteiger partial charge on any atom is 0.277 e. The Morgan fingerprint density at radius 3 is 2.57 bits per heavy atom. The number of pyridine rings is 2. The number of aryl methyl sites for hydroxylation is 2. The zero-order valence-electron chi connectivity index (χ0n) is 13.6. The van der Waals surface area contributed by atoms with Gasteiger partial charge in [-0.3, -0.25) is 0 Å². The maximum atomic E-state index is 5.52. The molecule has 0 fully saturated rings. The predicted molar refractivity (Wildman–Crippen MR) is 93.5 cm³/mol. The van der Waals surface area contributed by atoms with Crippen LogP contribution in [0.2, 0.25) is 0 Å². The number of rotatable bonds is 5. The monoisotopic (exact) mass is 302 g/mol. The van der Waals surface area contributed by atoms with E-state index < -0.39 is 0 Å². The molecule has 23 heavy (non-hydrogen) atoms. The minimum atomic E-state index is 0.728. The second-order valence-corrected chi connectivity index (χ2v) is 5.66. The van der Waals surface area contributed by atoms with Crippen molar-refractivity contribution in [3.8, 4) is 23.7 Å². The van der Waals surface area contributed by atoms with Crippen LogP contribution >= 0.6 is 0 Å². The first-order valence-electron chi connectivity index (χ1n) is 8.19. The van der Waals surface area contributed by atoms with Gasteiger partial charge in [0.25, 0.3) is 11.4 Å². The lowest BCUT2D eigenvalue weighted by molar-refractivity contribution is -0.704. The van der Waals surface area contributed by atoms with Crippen molar-refractivity contribution in [1.82, 2.24) is 0 Å². The third-order valence-corrected chi connectivity index (χ3v) is 4.09.